The van der Waals surface area contributed by atoms with Crippen LogP contribution in [0.1, 0.15) is 40.3 Å². The number of pyridine rings is 1. The lowest BCUT2D eigenvalue weighted by molar-refractivity contribution is 0.0935. The molecule has 2 aromatic heterocycles. The third kappa shape index (κ3) is 2.94. The van der Waals surface area contributed by atoms with Gasteiger partial charge in [0.2, 0.25) is 0 Å². The minimum absolute atomic E-state index is 0.147. The Morgan fingerprint density at radius 1 is 1.04 bits per heavy atom. The number of carbonyl (C=O) groups excluding carboxylic acids is 1. The molecule has 0 aliphatic heterocycles. The first kappa shape index (κ1) is 16.3. The topological polar surface area (TPSA) is 55.1 Å². The van der Waals surface area contributed by atoms with E-state index >= 15 is 0 Å². The fourth-order valence-corrected chi connectivity index (χ4v) is 3.18. The maximum atomic E-state index is 12.8. The summed E-state index contributed by atoms with van der Waals surface area (Å²) in [4.78, 5) is 17.4. The van der Waals surface area contributed by atoms with Gasteiger partial charge in [0.1, 0.15) is 11.3 Å². The molecule has 0 aliphatic carbocycles. The predicted molar refractivity (Wildman–Crippen MR) is 103 cm³/mol. The molecule has 2 aromatic carbocycles. The van der Waals surface area contributed by atoms with Gasteiger partial charge in [-0.3, -0.25) is 9.78 Å². The Morgan fingerprint density at radius 2 is 1.85 bits per heavy atom. The van der Waals surface area contributed by atoms with E-state index in [9.17, 15) is 4.79 Å². The van der Waals surface area contributed by atoms with Crippen LogP contribution in [0.5, 0.6) is 0 Å². The molecule has 0 aliphatic rings. The second kappa shape index (κ2) is 6.30. The number of furan rings is 1. The maximum absolute atomic E-state index is 12.8. The molecule has 0 saturated carbocycles. The van der Waals surface area contributed by atoms with E-state index in [0.717, 1.165) is 38.9 Å². The van der Waals surface area contributed by atoms with Gasteiger partial charge in [0, 0.05) is 10.8 Å². The first-order valence-electron chi connectivity index (χ1n) is 8.68. The number of fused-ring (bicyclic) bond motifs is 2. The molecular formula is C22H20N2O2. The van der Waals surface area contributed by atoms with Crippen LogP contribution < -0.4 is 5.32 Å². The highest BCUT2D eigenvalue weighted by Crippen LogP contribution is 2.24. The third-order valence-corrected chi connectivity index (χ3v) is 4.62. The smallest absolute Gasteiger partial charge is 0.253 e. The molecule has 4 heteroatoms. The summed E-state index contributed by atoms with van der Waals surface area (Å²) in [5.41, 5.74) is 4.17. The number of benzene rings is 2. The molecule has 4 rings (SSSR count). The van der Waals surface area contributed by atoms with Gasteiger partial charge in [0.25, 0.3) is 5.91 Å². The highest BCUT2D eigenvalue weighted by Gasteiger charge is 2.17. The molecule has 1 N–H and O–H groups in total. The summed E-state index contributed by atoms with van der Waals surface area (Å²) in [6.07, 6.45) is 0. The lowest BCUT2D eigenvalue weighted by Gasteiger charge is -2.13. The number of para-hydroxylation sites is 1. The van der Waals surface area contributed by atoms with Gasteiger partial charge in [-0.1, -0.05) is 29.8 Å². The summed E-state index contributed by atoms with van der Waals surface area (Å²) < 4.78 is 5.85. The third-order valence-electron chi connectivity index (χ3n) is 4.62. The molecule has 0 fully saturated rings. The van der Waals surface area contributed by atoms with Crippen molar-refractivity contribution < 1.29 is 9.21 Å². The molecular weight excluding hydrogens is 324 g/mol. The first-order valence-corrected chi connectivity index (χ1v) is 8.68. The molecule has 4 nitrogen and oxygen atoms in total. The van der Waals surface area contributed by atoms with Gasteiger partial charge >= 0.3 is 0 Å². The van der Waals surface area contributed by atoms with Crippen LogP contribution in [0.2, 0.25) is 0 Å². The standard InChI is InChI=1S/C22H20N2O2/c1-13-8-9-19-17(10-13)11-18(14(2)23-19)22(25)24-15(3)21-12-16-6-4-5-7-20(16)26-21/h4-12,15H,1-3H3,(H,24,25). The number of aryl methyl sites for hydroxylation is 2. The van der Waals surface area contributed by atoms with Crippen molar-refractivity contribution in [3.63, 3.8) is 0 Å². The molecule has 1 amide bonds. The Morgan fingerprint density at radius 3 is 2.65 bits per heavy atom. The van der Waals surface area contributed by atoms with Gasteiger partial charge in [0.15, 0.2) is 0 Å². The van der Waals surface area contributed by atoms with Crippen molar-refractivity contribution in [2.75, 3.05) is 0 Å². The number of aromatic nitrogens is 1. The zero-order chi connectivity index (χ0) is 18.3. The molecule has 1 unspecified atom stereocenters. The van der Waals surface area contributed by atoms with Gasteiger partial charge in [-0.25, -0.2) is 0 Å². The molecule has 4 aromatic rings. The number of rotatable bonds is 3. The molecule has 26 heavy (non-hydrogen) atoms. The average Bonchev–Trinajstić information content (AvgIpc) is 3.05. The summed E-state index contributed by atoms with van der Waals surface area (Å²) in [5.74, 6) is 0.591. The molecule has 0 spiro atoms. The maximum Gasteiger partial charge on any atom is 0.253 e. The van der Waals surface area contributed by atoms with Crippen molar-refractivity contribution in [2.24, 2.45) is 0 Å². The van der Waals surface area contributed by atoms with E-state index in [1.54, 1.807) is 0 Å². The van der Waals surface area contributed by atoms with E-state index < -0.39 is 0 Å². The Balaban J connectivity index is 1.62. The van der Waals surface area contributed by atoms with E-state index in [-0.39, 0.29) is 11.9 Å². The zero-order valence-corrected chi connectivity index (χ0v) is 15.0. The quantitative estimate of drug-likeness (QED) is 0.563. The Kier molecular flexibility index (Phi) is 3.96. The highest BCUT2D eigenvalue weighted by atomic mass is 16.3. The average molecular weight is 344 g/mol. The second-order valence-electron chi connectivity index (χ2n) is 6.70. The largest absolute Gasteiger partial charge is 0.459 e. The Hall–Kier alpha value is -3.14. The van der Waals surface area contributed by atoms with Gasteiger partial charge < -0.3 is 9.73 Å². The lowest BCUT2D eigenvalue weighted by atomic mass is 10.1. The minimum Gasteiger partial charge on any atom is -0.459 e. The highest BCUT2D eigenvalue weighted by molar-refractivity contribution is 5.99. The summed E-state index contributed by atoms with van der Waals surface area (Å²) >= 11 is 0. The SMILES string of the molecule is Cc1ccc2nc(C)c(C(=O)NC(C)c3cc4ccccc4o3)cc2c1. The van der Waals surface area contributed by atoms with Crippen LogP contribution in [0.3, 0.4) is 0 Å². The van der Waals surface area contributed by atoms with Crippen LogP contribution in [0.15, 0.2) is 59.0 Å². The molecule has 0 radical (unpaired) electrons. The van der Waals surface area contributed by atoms with Crippen LogP contribution in [0.4, 0.5) is 0 Å². The van der Waals surface area contributed by atoms with Gasteiger partial charge in [-0.15, -0.1) is 0 Å². The van der Waals surface area contributed by atoms with Crippen molar-refractivity contribution in [3.05, 3.63) is 77.2 Å². The summed E-state index contributed by atoms with van der Waals surface area (Å²) in [5, 5.41) is 5.02. The van der Waals surface area contributed by atoms with E-state index in [1.807, 2.05) is 75.4 Å². The van der Waals surface area contributed by atoms with Crippen LogP contribution >= 0.6 is 0 Å². The van der Waals surface area contributed by atoms with E-state index in [0.29, 0.717) is 5.56 Å². The summed E-state index contributed by atoms with van der Waals surface area (Å²) in [6.45, 7) is 5.81. The molecule has 130 valence electrons. The van der Waals surface area contributed by atoms with Crippen molar-refractivity contribution in [1.29, 1.82) is 0 Å². The Bertz CT molecular complexity index is 1090. The summed E-state index contributed by atoms with van der Waals surface area (Å²) in [7, 11) is 0. The van der Waals surface area contributed by atoms with E-state index in [2.05, 4.69) is 10.3 Å². The first-order chi connectivity index (χ1) is 12.5. The monoisotopic (exact) mass is 344 g/mol. The van der Waals surface area contributed by atoms with E-state index in [4.69, 9.17) is 4.42 Å². The minimum atomic E-state index is -0.234. The van der Waals surface area contributed by atoms with Crippen molar-refractivity contribution in [3.8, 4) is 0 Å². The summed E-state index contributed by atoms with van der Waals surface area (Å²) in [6, 6.07) is 17.5. The molecule has 2 heterocycles. The van der Waals surface area contributed by atoms with E-state index in [1.165, 1.54) is 0 Å². The van der Waals surface area contributed by atoms with Crippen molar-refractivity contribution in [1.82, 2.24) is 10.3 Å². The number of nitrogens with zero attached hydrogens (tertiary/aromatic N) is 1. The zero-order valence-electron chi connectivity index (χ0n) is 15.0. The van der Waals surface area contributed by atoms with Crippen molar-refractivity contribution >= 4 is 27.8 Å². The number of nitrogens with one attached hydrogen (secondary N) is 1. The number of amides is 1. The number of hydrogen-bond acceptors (Lipinski definition) is 3. The second-order valence-corrected chi connectivity index (χ2v) is 6.70. The Labute approximate surface area is 151 Å². The van der Waals surface area contributed by atoms with Crippen LogP contribution in [0, 0.1) is 13.8 Å². The fraction of sp³-hybridized carbons (Fsp3) is 0.182. The van der Waals surface area contributed by atoms with Gasteiger partial charge in [0.05, 0.1) is 22.8 Å². The normalized spacial score (nSPS) is 12.4. The van der Waals surface area contributed by atoms with Crippen LogP contribution in [-0.2, 0) is 0 Å². The molecule has 0 saturated heterocycles. The predicted octanol–water partition coefficient (Wildman–Crippen LogP) is 5.09. The van der Waals surface area contributed by atoms with Crippen LogP contribution in [-0.4, -0.2) is 10.9 Å². The van der Waals surface area contributed by atoms with Crippen LogP contribution in [0.25, 0.3) is 21.9 Å². The fourth-order valence-electron chi connectivity index (χ4n) is 3.18. The number of hydrogen-bond donors (Lipinski definition) is 1. The van der Waals surface area contributed by atoms with Gasteiger partial charge in [-0.2, -0.15) is 0 Å². The van der Waals surface area contributed by atoms with Crippen molar-refractivity contribution in [2.45, 2.75) is 26.8 Å². The molecule has 0 bridgehead atoms. The number of carbonyl (C=O) groups is 1. The lowest BCUT2D eigenvalue weighted by Crippen LogP contribution is -2.27. The molecule has 1 atom stereocenters. The van der Waals surface area contributed by atoms with Gasteiger partial charge in [-0.05, 0) is 51.1 Å².